The molecule has 0 saturated carbocycles. The Bertz CT molecular complexity index is 6460. The number of aliphatic hydroxyl groups excluding tert-OH is 1. The van der Waals surface area contributed by atoms with Gasteiger partial charge in [0.2, 0.25) is 0 Å². The van der Waals surface area contributed by atoms with Crippen LogP contribution in [0.1, 0.15) is 112 Å². The van der Waals surface area contributed by atoms with Crippen LogP contribution in [0.5, 0.6) is 5.75 Å². The molecule has 1 aliphatic carbocycles. The number of ether oxygens (including phenoxy) is 1. The second-order valence-corrected chi connectivity index (χ2v) is 31.3. The van der Waals surface area contributed by atoms with E-state index in [9.17, 15) is 10.2 Å². The number of benzene rings is 11. The Morgan fingerprint density at radius 3 is 1.83 bits per heavy atom. The standard InChI is InChI=1S/C27H18N.C22H25N2.C17H15N3.C15H10NO.C14H12N2.C11H8N.C5H8O2.3Ir/c1-4-10-20(11-5-1)23-16-17-26-25(18-23)24(21-12-6-2-7-13-21)19-27(28-26)22-14-8-3-9-15-22;1-15(2)18-10-7-11-19(16(3)4)21(18)24-13-12-23-14-17-8-5-6-9-20(17)22(23)24;1-11(2)19-20-17-15-10-6-4-8-13(15)12-7-3-5-9-14(12)16(17)18;1-11-13(14-7-4-5-9-16-14)10-12-6-2-3-8-15(12)17-11;1-2-7-13-11(5-1)9-14-15-8-4-3-6-12(15)10-16(13)14;1-2-6-10(7-3-1)11-8-4-5-9-12-11;1-4(6)3-5(2)7;;;/h1-14,16-19H;5-13,15-16H,14H2,1-4H3;3-8,10-11,19H,1-2H3;2-9H,1H2;1-8,10,14H,9H2;1-6,8-9H;3,6H,1-2H3;;;/q-1;+1;-2;-1;;-1;;;;/b;;20-17-;;;;;;;. The monoisotopic (exact) mass is 2200 g/mol. The predicted octanol–water partition coefficient (Wildman–Crippen LogP) is 24.7. The number of pyridine rings is 3. The van der Waals surface area contributed by atoms with Crippen LogP contribution in [-0.4, -0.2) is 58.9 Å². The zero-order chi connectivity index (χ0) is 86.0. The van der Waals surface area contributed by atoms with Gasteiger partial charge in [0.15, 0.2) is 5.78 Å². The second kappa shape index (κ2) is 44.1. The molecule has 3 radical (unpaired) electrons. The molecule has 2 N–H and O–H groups in total. The van der Waals surface area contributed by atoms with Crippen LogP contribution >= 0.6 is 0 Å². The third-order valence-electron chi connectivity index (χ3n) is 21.4. The number of allylic oxidation sites excluding steroid dienone is 6. The van der Waals surface area contributed by atoms with E-state index >= 15 is 0 Å². The number of nitrogens with zero attached hydrogens (tertiary/aromatic N) is 9. The Kier molecular flexibility index (Phi) is 32.2. The van der Waals surface area contributed by atoms with E-state index in [1.165, 1.54) is 92.9 Å². The van der Waals surface area contributed by atoms with Crippen molar-refractivity contribution in [3.05, 3.63) is 463 Å². The largest absolute Gasteiger partial charge is 0.854 e. The molecule has 0 amide bonds. The Balaban J connectivity index is 0.000000138. The Morgan fingerprint density at radius 2 is 1.18 bits per heavy atom. The molecule has 15 aromatic rings. The van der Waals surface area contributed by atoms with Crippen molar-refractivity contribution in [1.82, 2.24) is 29.8 Å². The number of rotatable bonds is 11. The van der Waals surface area contributed by atoms with Gasteiger partial charge in [-0.05, 0) is 133 Å². The number of aromatic nitrogens is 5. The Labute approximate surface area is 786 Å². The van der Waals surface area contributed by atoms with Crippen molar-refractivity contribution in [2.24, 2.45) is 5.10 Å². The fraction of sp³-hybridized carbons (Fsp3) is 0.126. The molecule has 1 atom stereocenters. The molecule has 16 heteroatoms. The maximum atomic E-state index is 10.5. The topological polar surface area (TPSA) is 147 Å². The van der Waals surface area contributed by atoms with Gasteiger partial charge in [-0.25, -0.2) is 10.3 Å². The summed E-state index contributed by atoms with van der Waals surface area (Å²) >= 11 is 0. The number of para-hydroxylation sites is 3. The quantitative estimate of drug-likeness (QED) is 0.0425. The molecular formula is C111H96Ir3N10O3-4. The Morgan fingerprint density at radius 1 is 0.583 bits per heavy atom. The van der Waals surface area contributed by atoms with Crippen LogP contribution in [0.4, 0.5) is 5.69 Å². The molecule has 0 fully saturated rings. The molecule has 4 aromatic heterocycles. The van der Waals surface area contributed by atoms with Crippen molar-refractivity contribution < 1.29 is 79.5 Å². The first-order chi connectivity index (χ1) is 60.5. The average molecular weight is 2190 g/mol. The summed E-state index contributed by atoms with van der Waals surface area (Å²) in [6, 6.07) is 113. The smallest absolute Gasteiger partial charge is 0.294 e. The summed E-state index contributed by atoms with van der Waals surface area (Å²) in [7, 11) is 0. The minimum absolute atomic E-state index is 0. The Hall–Kier alpha value is -13.3. The van der Waals surface area contributed by atoms with Gasteiger partial charge in [-0.1, -0.05) is 251 Å². The van der Waals surface area contributed by atoms with Crippen molar-refractivity contribution in [3.8, 4) is 78.7 Å². The number of hydrogen-bond donors (Lipinski definition) is 2. The number of imidazole rings is 1. The summed E-state index contributed by atoms with van der Waals surface area (Å²) in [6.45, 7) is 20.9. The minimum Gasteiger partial charge on any atom is -0.854 e. The number of carbonyl (C=O) groups excluding carboxylic acids is 1. The minimum atomic E-state index is -0.125. The molecule has 127 heavy (non-hydrogen) atoms. The summed E-state index contributed by atoms with van der Waals surface area (Å²) in [5.41, 5.74) is 30.9. The van der Waals surface area contributed by atoms with Gasteiger partial charge in [-0.15, -0.1) is 114 Å². The van der Waals surface area contributed by atoms with Gasteiger partial charge in [0.05, 0.1) is 34.0 Å². The van der Waals surface area contributed by atoms with Crippen LogP contribution in [0.15, 0.2) is 394 Å². The number of hydrazone groups is 1. The van der Waals surface area contributed by atoms with Gasteiger partial charge in [0, 0.05) is 143 Å². The van der Waals surface area contributed by atoms with Crippen LogP contribution in [-0.2, 0) is 78.1 Å². The van der Waals surface area contributed by atoms with E-state index in [1.807, 2.05) is 166 Å². The molecule has 9 heterocycles. The molecule has 0 saturated heterocycles. The number of aliphatic hydroxyl groups is 1. The fourth-order valence-electron chi connectivity index (χ4n) is 15.7. The number of carbonyl (C=O) groups is 1. The van der Waals surface area contributed by atoms with Gasteiger partial charge in [0.1, 0.15) is 30.8 Å². The zero-order valence-electron chi connectivity index (χ0n) is 71.9. The average Bonchev–Trinajstić information content (AvgIpc) is 1.64. The fourth-order valence-corrected chi connectivity index (χ4v) is 15.7. The summed E-state index contributed by atoms with van der Waals surface area (Å²) < 4.78 is 10.4. The second-order valence-electron chi connectivity index (χ2n) is 31.3. The first kappa shape index (κ1) is 92.9. The van der Waals surface area contributed by atoms with E-state index in [4.69, 9.17) is 14.8 Å². The van der Waals surface area contributed by atoms with Gasteiger partial charge in [-0.3, -0.25) is 14.8 Å². The molecule has 5 aliphatic heterocycles. The maximum Gasteiger partial charge on any atom is 0.294 e. The van der Waals surface area contributed by atoms with Crippen molar-refractivity contribution in [1.29, 1.82) is 0 Å². The van der Waals surface area contributed by atoms with Crippen LogP contribution < -0.4 is 19.6 Å². The van der Waals surface area contributed by atoms with E-state index in [0.717, 1.165) is 85.7 Å². The maximum absolute atomic E-state index is 10.5. The molecule has 21 rings (SSSR count). The van der Waals surface area contributed by atoms with Gasteiger partial charge < -0.3 is 35.5 Å². The van der Waals surface area contributed by atoms with Gasteiger partial charge in [-0.2, -0.15) is 15.2 Å². The SMILES string of the molecule is C1=CC2=CN3c4ccccc4CC3N2C=C1.C=C1Oc2ccccc2[C-]=C1c1ccccn1.CC(=O)C=C(C)O.CC(C)N/N=C1\C(=[N-])c2[c-]cccc2-c2ccccc21.CC(C)c1cccc(C(C)C)c1-n1cc[n+]2c1-c1ccccc1C2.[Ir].[Ir].[Ir].[c-]1ccccc1-c1cc(-c2ccccc2)c2cc(-c3ccccc3)ccc2n1.[c-]1ccccc1-c1ccccn1. The van der Waals surface area contributed by atoms with E-state index in [0.29, 0.717) is 35.0 Å². The summed E-state index contributed by atoms with van der Waals surface area (Å²) in [5.74, 6) is 3.62. The number of ketones is 1. The molecule has 11 aromatic carbocycles. The van der Waals surface area contributed by atoms with Crippen LogP contribution in [0.2, 0.25) is 0 Å². The first-order valence-electron chi connectivity index (χ1n) is 41.9. The van der Waals surface area contributed by atoms with E-state index < -0.39 is 0 Å². The van der Waals surface area contributed by atoms with Crippen LogP contribution in [0.25, 0.3) is 94.9 Å². The molecule has 639 valence electrons. The first-order valence-corrected chi connectivity index (χ1v) is 41.9. The zero-order valence-corrected chi connectivity index (χ0v) is 79.0. The number of nitrogens with one attached hydrogen (secondary N) is 1. The van der Waals surface area contributed by atoms with E-state index in [-0.39, 0.29) is 83.6 Å². The summed E-state index contributed by atoms with van der Waals surface area (Å²) in [5, 5.41) is 24.4. The summed E-state index contributed by atoms with van der Waals surface area (Å²) in [4.78, 5) is 28.2. The van der Waals surface area contributed by atoms with Crippen LogP contribution in [0, 0.1) is 24.3 Å². The van der Waals surface area contributed by atoms with Gasteiger partial charge in [0.25, 0.3) is 5.82 Å². The molecule has 0 bridgehead atoms. The van der Waals surface area contributed by atoms with Crippen molar-refractivity contribution in [2.75, 3.05) is 4.90 Å². The predicted molar refractivity (Wildman–Crippen MR) is 505 cm³/mol. The van der Waals surface area contributed by atoms with Gasteiger partial charge >= 0.3 is 0 Å². The molecule has 13 nitrogen and oxygen atoms in total. The summed E-state index contributed by atoms with van der Waals surface area (Å²) in [6.07, 6.45) is 24.8. The van der Waals surface area contributed by atoms with E-state index in [2.05, 4.69) is 287 Å². The number of fused-ring (bicyclic) bond motifs is 13. The molecular weight excluding hydrogens is 2100 g/mol. The van der Waals surface area contributed by atoms with Crippen LogP contribution in [0.3, 0.4) is 0 Å². The van der Waals surface area contributed by atoms with E-state index in [1.54, 1.807) is 18.5 Å². The normalized spacial score (nSPS) is 13.6. The van der Waals surface area contributed by atoms with Crippen molar-refractivity contribution in [2.45, 2.75) is 92.4 Å². The third-order valence-corrected chi connectivity index (χ3v) is 21.4. The third kappa shape index (κ3) is 22.2. The molecule has 0 spiro atoms. The molecule has 6 aliphatic rings. The van der Waals surface area contributed by atoms with Crippen molar-refractivity contribution >= 4 is 39.4 Å². The molecule has 1 unspecified atom stereocenters. The van der Waals surface area contributed by atoms with Crippen molar-refractivity contribution in [3.63, 3.8) is 0 Å². The number of anilines is 1. The number of hydrogen-bond acceptors (Lipinski definition) is 10.